The van der Waals surface area contributed by atoms with E-state index in [0.29, 0.717) is 11.4 Å². The average Bonchev–Trinajstić information content (AvgIpc) is 2.55. The molecule has 122 valence electrons. The van der Waals surface area contributed by atoms with E-state index >= 15 is 0 Å². The van der Waals surface area contributed by atoms with Gasteiger partial charge in [0.05, 0.1) is 18.0 Å². The number of hydrogen-bond acceptors (Lipinski definition) is 4. The molecule has 0 heterocycles. The van der Waals surface area contributed by atoms with E-state index in [1.807, 2.05) is 6.07 Å². The lowest BCUT2D eigenvalue weighted by atomic mass is 10.3. The number of sulfonamides is 1. The highest BCUT2D eigenvalue weighted by molar-refractivity contribution is 7.89. The van der Waals surface area contributed by atoms with Crippen LogP contribution >= 0.6 is 0 Å². The smallest absolute Gasteiger partial charge is 0.242 e. The second kappa shape index (κ2) is 7.26. The lowest BCUT2D eigenvalue weighted by Crippen LogP contribution is -2.41. The van der Waals surface area contributed by atoms with E-state index < -0.39 is 22.0 Å². The number of rotatable bonds is 6. The molecule has 1 amide bonds. The molecule has 0 aliphatic carbocycles. The number of amides is 1. The van der Waals surface area contributed by atoms with Crippen LogP contribution in [0.5, 0.6) is 5.75 Å². The van der Waals surface area contributed by atoms with Crippen LogP contribution < -0.4 is 14.8 Å². The van der Waals surface area contributed by atoms with E-state index in [1.54, 1.807) is 36.4 Å². The lowest BCUT2D eigenvalue weighted by Gasteiger charge is -2.14. The number of hydrogen-bond donors (Lipinski definition) is 2. The molecule has 0 aliphatic rings. The van der Waals surface area contributed by atoms with Gasteiger partial charge in [0.2, 0.25) is 15.9 Å². The van der Waals surface area contributed by atoms with Crippen LogP contribution in [-0.2, 0) is 14.8 Å². The third-order valence-corrected chi connectivity index (χ3v) is 4.69. The molecule has 2 rings (SSSR count). The molecule has 0 spiro atoms. The van der Waals surface area contributed by atoms with Crippen molar-refractivity contribution in [3.63, 3.8) is 0 Å². The SMILES string of the molecule is COc1ccc(S(=O)(=O)NC(C)C(=O)Nc2ccccc2)cc1. The van der Waals surface area contributed by atoms with Gasteiger partial charge < -0.3 is 10.1 Å². The Balaban J connectivity index is 2.05. The molecule has 23 heavy (non-hydrogen) atoms. The molecule has 0 bridgehead atoms. The maximum absolute atomic E-state index is 12.3. The van der Waals surface area contributed by atoms with Gasteiger partial charge in [0.15, 0.2) is 0 Å². The van der Waals surface area contributed by atoms with Crippen LogP contribution in [0.2, 0.25) is 0 Å². The molecular weight excluding hydrogens is 316 g/mol. The van der Waals surface area contributed by atoms with Gasteiger partial charge >= 0.3 is 0 Å². The number of para-hydroxylation sites is 1. The molecule has 0 aromatic heterocycles. The van der Waals surface area contributed by atoms with Crippen LogP contribution in [0.1, 0.15) is 6.92 Å². The van der Waals surface area contributed by atoms with Crippen molar-refractivity contribution in [3.8, 4) is 5.75 Å². The molecule has 7 heteroatoms. The highest BCUT2D eigenvalue weighted by atomic mass is 32.2. The normalized spacial score (nSPS) is 12.4. The number of carbonyl (C=O) groups is 1. The third kappa shape index (κ3) is 4.54. The Bertz CT molecular complexity index is 758. The highest BCUT2D eigenvalue weighted by Gasteiger charge is 2.22. The fourth-order valence-electron chi connectivity index (χ4n) is 1.88. The average molecular weight is 334 g/mol. The van der Waals surface area contributed by atoms with Gasteiger partial charge in [-0.2, -0.15) is 4.72 Å². The summed E-state index contributed by atoms with van der Waals surface area (Å²) in [6.07, 6.45) is 0. The first-order valence-corrected chi connectivity index (χ1v) is 8.43. The number of methoxy groups -OCH3 is 1. The Kier molecular flexibility index (Phi) is 5.36. The summed E-state index contributed by atoms with van der Waals surface area (Å²) in [5, 5.41) is 2.65. The topological polar surface area (TPSA) is 84.5 Å². The fraction of sp³-hybridized carbons (Fsp3) is 0.188. The maximum Gasteiger partial charge on any atom is 0.242 e. The third-order valence-electron chi connectivity index (χ3n) is 3.14. The predicted molar refractivity (Wildman–Crippen MR) is 87.8 cm³/mol. The van der Waals surface area contributed by atoms with E-state index in [9.17, 15) is 13.2 Å². The quantitative estimate of drug-likeness (QED) is 0.846. The van der Waals surface area contributed by atoms with Crippen LogP contribution in [0.25, 0.3) is 0 Å². The molecule has 1 atom stereocenters. The molecular formula is C16H18N2O4S. The molecule has 6 nitrogen and oxygen atoms in total. The van der Waals surface area contributed by atoms with Gasteiger partial charge in [0.1, 0.15) is 5.75 Å². The first kappa shape index (κ1) is 17.0. The Labute approximate surface area is 135 Å². The van der Waals surface area contributed by atoms with Gasteiger partial charge in [0, 0.05) is 5.69 Å². The minimum absolute atomic E-state index is 0.0673. The van der Waals surface area contributed by atoms with Crippen LogP contribution in [0.4, 0.5) is 5.69 Å². The standard InChI is InChI=1S/C16H18N2O4S/c1-12(16(19)17-13-6-4-3-5-7-13)18-23(20,21)15-10-8-14(22-2)9-11-15/h3-12,18H,1-2H3,(H,17,19). The van der Waals surface area contributed by atoms with E-state index in [4.69, 9.17) is 4.74 Å². The molecule has 1 unspecified atom stereocenters. The van der Waals surface area contributed by atoms with Crippen molar-refractivity contribution < 1.29 is 17.9 Å². The summed E-state index contributed by atoms with van der Waals surface area (Å²) in [5.74, 6) is 0.118. The second-order valence-electron chi connectivity index (χ2n) is 4.87. The second-order valence-corrected chi connectivity index (χ2v) is 6.59. The van der Waals surface area contributed by atoms with Gasteiger partial charge in [-0.3, -0.25) is 4.79 Å². The van der Waals surface area contributed by atoms with Crippen molar-refractivity contribution in [2.75, 3.05) is 12.4 Å². The van der Waals surface area contributed by atoms with Gasteiger partial charge in [-0.1, -0.05) is 18.2 Å². The van der Waals surface area contributed by atoms with Crippen LogP contribution in [0.15, 0.2) is 59.5 Å². The van der Waals surface area contributed by atoms with Gasteiger partial charge in [0.25, 0.3) is 0 Å². The van der Waals surface area contributed by atoms with Crippen molar-refractivity contribution >= 4 is 21.6 Å². The maximum atomic E-state index is 12.3. The summed E-state index contributed by atoms with van der Waals surface area (Å²) in [5.41, 5.74) is 0.605. The van der Waals surface area contributed by atoms with Crippen molar-refractivity contribution in [1.29, 1.82) is 0 Å². The molecule has 0 saturated carbocycles. The molecule has 0 radical (unpaired) electrons. The van der Waals surface area contributed by atoms with Crippen molar-refractivity contribution in [2.24, 2.45) is 0 Å². The number of nitrogens with one attached hydrogen (secondary N) is 2. The van der Waals surface area contributed by atoms with Crippen LogP contribution in [0.3, 0.4) is 0 Å². The van der Waals surface area contributed by atoms with Gasteiger partial charge in [-0.25, -0.2) is 8.42 Å². The number of benzene rings is 2. The Morgan fingerprint density at radius 3 is 2.22 bits per heavy atom. The number of anilines is 1. The van der Waals surface area contributed by atoms with Gasteiger partial charge in [-0.15, -0.1) is 0 Å². The highest BCUT2D eigenvalue weighted by Crippen LogP contribution is 2.16. The molecule has 0 fully saturated rings. The van der Waals surface area contributed by atoms with Crippen molar-refractivity contribution in [3.05, 3.63) is 54.6 Å². The van der Waals surface area contributed by atoms with Crippen molar-refractivity contribution in [2.45, 2.75) is 17.9 Å². The zero-order valence-corrected chi connectivity index (χ0v) is 13.6. The monoisotopic (exact) mass is 334 g/mol. The Morgan fingerprint density at radius 2 is 1.65 bits per heavy atom. The summed E-state index contributed by atoms with van der Waals surface area (Å²) < 4.78 is 31.9. The summed E-state index contributed by atoms with van der Waals surface area (Å²) in [6, 6.07) is 13.8. The summed E-state index contributed by atoms with van der Waals surface area (Å²) in [7, 11) is -2.29. The zero-order valence-electron chi connectivity index (χ0n) is 12.8. The number of ether oxygens (including phenoxy) is 1. The lowest BCUT2D eigenvalue weighted by molar-refractivity contribution is -0.117. The number of carbonyl (C=O) groups excluding carboxylic acids is 1. The fourth-order valence-corrected chi connectivity index (χ4v) is 3.08. The summed E-state index contributed by atoms with van der Waals surface area (Å²) >= 11 is 0. The molecule has 0 saturated heterocycles. The van der Waals surface area contributed by atoms with Crippen LogP contribution in [-0.4, -0.2) is 27.5 Å². The largest absolute Gasteiger partial charge is 0.497 e. The Morgan fingerprint density at radius 1 is 1.04 bits per heavy atom. The van der Waals surface area contributed by atoms with E-state index in [2.05, 4.69) is 10.0 Å². The van der Waals surface area contributed by atoms with E-state index in [-0.39, 0.29) is 4.90 Å². The molecule has 2 aromatic carbocycles. The first-order chi connectivity index (χ1) is 10.9. The minimum Gasteiger partial charge on any atom is -0.497 e. The summed E-state index contributed by atoms with van der Waals surface area (Å²) in [4.78, 5) is 12.1. The van der Waals surface area contributed by atoms with E-state index in [1.165, 1.54) is 26.2 Å². The molecule has 2 N–H and O–H groups in total. The molecule has 0 aliphatic heterocycles. The Hall–Kier alpha value is -2.38. The van der Waals surface area contributed by atoms with Crippen LogP contribution in [0, 0.1) is 0 Å². The summed E-state index contributed by atoms with van der Waals surface area (Å²) in [6.45, 7) is 1.49. The minimum atomic E-state index is -3.79. The first-order valence-electron chi connectivity index (χ1n) is 6.94. The molecule has 2 aromatic rings. The predicted octanol–water partition coefficient (Wildman–Crippen LogP) is 2.00. The van der Waals surface area contributed by atoms with E-state index in [0.717, 1.165) is 0 Å². The van der Waals surface area contributed by atoms with Gasteiger partial charge in [-0.05, 0) is 43.3 Å². The zero-order chi connectivity index (χ0) is 16.9. The van der Waals surface area contributed by atoms with Crippen molar-refractivity contribution in [1.82, 2.24) is 4.72 Å².